The molecule has 0 saturated carbocycles. The number of rotatable bonds is 8. The first kappa shape index (κ1) is 19.1. The second kappa shape index (κ2) is 8.21. The molecule has 0 radical (unpaired) electrons. The molecule has 0 atom stereocenters. The number of aromatic nitrogens is 2. The number of halogens is 1. The minimum atomic E-state index is -3.70. The summed E-state index contributed by atoms with van der Waals surface area (Å²) in [5, 5.41) is 6.09. The summed E-state index contributed by atoms with van der Waals surface area (Å²) in [6.45, 7) is 6.58. The van der Waals surface area contributed by atoms with Gasteiger partial charge < -0.3 is 10.6 Å². The second-order valence-corrected chi connectivity index (χ2v) is 7.22. The summed E-state index contributed by atoms with van der Waals surface area (Å²) in [6, 6.07) is 5.40. The molecule has 9 heteroatoms. The maximum Gasteiger partial charge on any atom is 0.240 e. The quantitative estimate of drug-likeness (QED) is 0.618. The van der Waals surface area contributed by atoms with E-state index < -0.39 is 15.8 Å². The summed E-state index contributed by atoms with van der Waals surface area (Å²) in [7, 11) is -3.70. The van der Waals surface area contributed by atoms with Gasteiger partial charge in [0.2, 0.25) is 16.0 Å². The highest BCUT2D eigenvalue weighted by atomic mass is 32.2. The molecule has 0 saturated heterocycles. The Bertz CT molecular complexity index is 842. The van der Waals surface area contributed by atoms with Crippen LogP contribution < -0.4 is 15.4 Å². The van der Waals surface area contributed by atoms with Gasteiger partial charge in [-0.3, -0.25) is 0 Å². The maximum atomic E-state index is 13.1. The van der Waals surface area contributed by atoms with Crippen LogP contribution in [-0.2, 0) is 10.0 Å². The Hall–Kier alpha value is -2.26. The smallest absolute Gasteiger partial charge is 0.240 e. The minimum absolute atomic E-state index is 0.0649. The van der Waals surface area contributed by atoms with Gasteiger partial charge in [-0.15, -0.1) is 0 Å². The first-order valence-corrected chi connectivity index (χ1v) is 9.39. The normalized spacial score (nSPS) is 11.4. The van der Waals surface area contributed by atoms with Gasteiger partial charge in [-0.1, -0.05) is 0 Å². The van der Waals surface area contributed by atoms with Crippen molar-refractivity contribution in [3.05, 3.63) is 41.3 Å². The number of sulfonamides is 1. The molecule has 0 fully saturated rings. The standard InChI is InChI=1S/C16H22FN5O2S/c1-4-18-15-10-12(3)21-16(22-15)19-7-8-20-25(23,24)14-6-5-13(17)9-11(14)2/h5-6,9-10,20H,4,7-8H2,1-3H3,(H2,18,19,21,22). The van der Waals surface area contributed by atoms with Crippen LogP contribution in [0.3, 0.4) is 0 Å². The van der Waals surface area contributed by atoms with Crippen molar-refractivity contribution >= 4 is 21.8 Å². The monoisotopic (exact) mass is 367 g/mol. The predicted molar refractivity (Wildman–Crippen MR) is 95.7 cm³/mol. The third-order valence-electron chi connectivity index (χ3n) is 3.34. The largest absolute Gasteiger partial charge is 0.370 e. The highest BCUT2D eigenvalue weighted by molar-refractivity contribution is 7.89. The Balaban J connectivity index is 1.94. The molecule has 0 spiro atoms. The first-order valence-electron chi connectivity index (χ1n) is 7.91. The molecule has 0 bridgehead atoms. The molecule has 136 valence electrons. The van der Waals surface area contributed by atoms with Crippen LogP contribution in [0.15, 0.2) is 29.2 Å². The molecule has 0 aliphatic heterocycles. The van der Waals surface area contributed by atoms with E-state index in [2.05, 4.69) is 25.3 Å². The van der Waals surface area contributed by atoms with Gasteiger partial charge in [-0.05, 0) is 44.5 Å². The molecule has 1 aromatic carbocycles. The lowest BCUT2D eigenvalue weighted by atomic mass is 10.2. The van der Waals surface area contributed by atoms with Crippen LogP contribution in [-0.4, -0.2) is 38.0 Å². The molecule has 1 aromatic heterocycles. The van der Waals surface area contributed by atoms with E-state index in [1.807, 2.05) is 19.9 Å². The van der Waals surface area contributed by atoms with Crippen LogP contribution in [0.1, 0.15) is 18.2 Å². The lowest BCUT2D eigenvalue weighted by molar-refractivity contribution is 0.581. The molecule has 0 unspecified atom stereocenters. The summed E-state index contributed by atoms with van der Waals surface area (Å²) in [6.07, 6.45) is 0. The average Bonchev–Trinajstić information content (AvgIpc) is 2.51. The third kappa shape index (κ3) is 5.36. The van der Waals surface area contributed by atoms with Crippen molar-refractivity contribution in [2.45, 2.75) is 25.7 Å². The zero-order valence-electron chi connectivity index (χ0n) is 14.4. The average molecular weight is 367 g/mol. The molecule has 0 aliphatic rings. The Morgan fingerprint density at radius 1 is 1.08 bits per heavy atom. The topological polar surface area (TPSA) is 96.0 Å². The molecular weight excluding hydrogens is 345 g/mol. The molecule has 3 N–H and O–H groups in total. The van der Waals surface area contributed by atoms with Crippen LogP contribution in [0.5, 0.6) is 0 Å². The van der Waals surface area contributed by atoms with E-state index in [0.29, 0.717) is 23.9 Å². The number of aryl methyl sites for hydroxylation is 2. The molecule has 2 aromatic rings. The number of hydrogen-bond donors (Lipinski definition) is 3. The van der Waals surface area contributed by atoms with Crippen LogP contribution >= 0.6 is 0 Å². The Morgan fingerprint density at radius 2 is 1.84 bits per heavy atom. The van der Waals surface area contributed by atoms with Crippen LogP contribution in [0.2, 0.25) is 0 Å². The number of nitrogens with one attached hydrogen (secondary N) is 3. The van der Waals surface area contributed by atoms with E-state index in [0.717, 1.165) is 18.3 Å². The number of hydrogen-bond acceptors (Lipinski definition) is 6. The zero-order valence-corrected chi connectivity index (χ0v) is 15.2. The Kier molecular flexibility index (Phi) is 6.27. The lowest BCUT2D eigenvalue weighted by Crippen LogP contribution is -2.29. The molecule has 7 nitrogen and oxygen atoms in total. The van der Waals surface area contributed by atoms with Gasteiger partial charge in [0, 0.05) is 31.4 Å². The van der Waals surface area contributed by atoms with E-state index in [1.54, 1.807) is 6.92 Å². The Morgan fingerprint density at radius 3 is 2.52 bits per heavy atom. The molecule has 25 heavy (non-hydrogen) atoms. The van der Waals surface area contributed by atoms with E-state index >= 15 is 0 Å². The summed E-state index contributed by atoms with van der Waals surface area (Å²) in [4.78, 5) is 8.60. The Labute approximate surface area is 147 Å². The third-order valence-corrected chi connectivity index (χ3v) is 4.96. The fraction of sp³-hybridized carbons (Fsp3) is 0.375. The zero-order chi connectivity index (χ0) is 18.4. The molecule has 0 aliphatic carbocycles. The highest BCUT2D eigenvalue weighted by Gasteiger charge is 2.16. The highest BCUT2D eigenvalue weighted by Crippen LogP contribution is 2.15. The van der Waals surface area contributed by atoms with Gasteiger partial charge in [-0.25, -0.2) is 22.5 Å². The van der Waals surface area contributed by atoms with Gasteiger partial charge in [-0.2, -0.15) is 4.98 Å². The summed E-state index contributed by atoms with van der Waals surface area (Å²) >= 11 is 0. The van der Waals surface area contributed by atoms with Crippen molar-refractivity contribution in [1.29, 1.82) is 0 Å². The van der Waals surface area contributed by atoms with Crippen molar-refractivity contribution < 1.29 is 12.8 Å². The van der Waals surface area contributed by atoms with Crippen LogP contribution in [0.4, 0.5) is 16.2 Å². The summed E-state index contributed by atoms with van der Waals surface area (Å²) in [5.41, 5.74) is 1.16. The first-order chi connectivity index (χ1) is 11.8. The molecule has 1 heterocycles. The predicted octanol–water partition coefficient (Wildman–Crippen LogP) is 2.05. The number of anilines is 2. The lowest BCUT2D eigenvalue weighted by Gasteiger charge is -2.11. The van der Waals surface area contributed by atoms with Gasteiger partial charge >= 0.3 is 0 Å². The van der Waals surface area contributed by atoms with E-state index in [1.165, 1.54) is 12.1 Å². The maximum absolute atomic E-state index is 13.1. The minimum Gasteiger partial charge on any atom is -0.370 e. The summed E-state index contributed by atoms with van der Waals surface area (Å²) < 4.78 is 40.1. The van der Waals surface area contributed by atoms with Crippen molar-refractivity contribution in [3.63, 3.8) is 0 Å². The number of nitrogens with zero attached hydrogens (tertiary/aromatic N) is 2. The number of benzene rings is 1. The van der Waals surface area contributed by atoms with Gasteiger partial charge in [0.05, 0.1) is 4.90 Å². The molecule has 0 amide bonds. The van der Waals surface area contributed by atoms with Crippen molar-refractivity contribution in [3.8, 4) is 0 Å². The van der Waals surface area contributed by atoms with Crippen molar-refractivity contribution in [2.75, 3.05) is 30.3 Å². The molecular formula is C16H22FN5O2S. The molecule has 2 rings (SSSR count). The SMILES string of the molecule is CCNc1cc(C)nc(NCCNS(=O)(=O)c2ccc(F)cc2C)n1. The fourth-order valence-corrected chi connectivity index (χ4v) is 3.53. The van der Waals surface area contributed by atoms with Crippen LogP contribution in [0, 0.1) is 19.7 Å². The van der Waals surface area contributed by atoms with Gasteiger partial charge in [0.1, 0.15) is 11.6 Å². The fourth-order valence-electron chi connectivity index (χ4n) is 2.27. The van der Waals surface area contributed by atoms with E-state index in [-0.39, 0.29) is 11.4 Å². The van der Waals surface area contributed by atoms with E-state index in [4.69, 9.17) is 0 Å². The van der Waals surface area contributed by atoms with Gasteiger partial charge in [0.15, 0.2) is 0 Å². The second-order valence-electron chi connectivity index (χ2n) is 5.48. The van der Waals surface area contributed by atoms with Crippen molar-refractivity contribution in [2.24, 2.45) is 0 Å². The summed E-state index contributed by atoms with van der Waals surface area (Å²) in [5.74, 6) is 0.666. The van der Waals surface area contributed by atoms with Gasteiger partial charge in [0.25, 0.3) is 0 Å². The van der Waals surface area contributed by atoms with E-state index in [9.17, 15) is 12.8 Å². The van der Waals surface area contributed by atoms with Crippen LogP contribution in [0.25, 0.3) is 0 Å². The van der Waals surface area contributed by atoms with Crippen molar-refractivity contribution in [1.82, 2.24) is 14.7 Å².